The van der Waals surface area contributed by atoms with Crippen LogP contribution in [0.5, 0.6) is 5.88 Å². The number of nitrogens with one attached hydrogen (secondary N) is 1. The maximum absolute atomic E-state index is 12.7. The van der Waals surface area contributed by atoms with Gasteiger partial charge in [0.25, 0.3) is 5.91 Å². The molecule has 1 aliphatic rings. The molecular formula is C20H25ClN4O3. The lowest BCUT2D eigenvalue weighted by atomic mass is 9.85. The first-order valence-electron chi connectivity index (χ1n) is 9.32. The first-order valence-corrected chi connectivity index (χ1v) is 9.69. The molecular weight excluding hydrogens is 380 g/mol. The minimum atomic E-state index is -0.827. The maximum Gasteiger partial charge on any atom is 0.252 e. The lowest BCUT2D eigenvalue weighted by Crippen LogP contribution is -2.44. The van der Waals surface area contributed by atoms with E-state index in [-0.39, 0.29) is 12.5 Å². The van der Waals surface area contributed by atoms with E-state index in [4.69, 9.17) is 16.3 Å². The predicted molar refractivity (Wildman–Crippen MR) is 108 cm³/mol. The number of benzene rings is 1. The second-order valence-corrected chi connectivity index (χ2v) is 7.52. The summed E-state index contributed by atoms with van der Waals surface area (Å²) in [7, 11) is 3.37. The van der Waals surface area contributed by atoms with Gasteiger partial charge in [-0.25, -0.2) is 9.97 Å². The summed E-state index contributed by atoms with van der Waals surface area (Å²) in [6, 6.07) is 6.89. The van der Waals surface area contributed by atoms with Crippen molar-refractivity contribution in [1.29, 1.82) is 0 Å². The summed E-state index contributed by atoms with van der Waals surface area (Å²) in [5, 5.41) is 13.8. The highest BCUT2D eigenvalue weighted by atomic mass is 35.5. The third-order valence-corrected chi connectivity index (χ3v) is 5.45. The first-order chi connectivity index (χ1) is 13.4. The van der Waals surface area contributed by atoms with Gasteiger partial charge in [-0.3, -0.25) is 4.79 Å². The van der Waals surface area contributed by atoms with Crippen LogP contribution in [0.2, 0.25) is 5.02 Å². The van der Waals surface area contributed by atoms with Crippen molar-refractivity contribution in [2.75, 3.05) is 25.6 Å². The van der Waals surface area contributed by atoms with E-state index in [0.717, 1.165) is 24.9 Å². The minimum Gasteiger partial charge on any atom is -0.481 e. The number of nitrogens with zero attached hydrogens (tertiary/aromatic N) is 3. The molecule has 8 heteroatoms. The lowest BCUT2D eigenvalue weighted by Gasteiger charge is -2.32. The number of anilines is 2. The average Bonchev–Trinajstić information content (AvgIpc) is 2.72. The van der Waals surface area contributed by atoms with E-state index < -0.39 is 5.60 Å². The van der Waals surface area contributed by atoms with Crippen LogP contribution < -0.4 is 15.0 Å². The number of amides is 1. The van der Waals surface area contributed by atoms with Crippen molar-refractivity contribution in [3.8, 4) is 5.88 Å². The van der Waals surface area contributed by atoms with Crippen molar-refractivity contribution in [2.45, 2.75) is 37.7 Å². The van der Waals surface area contributed by atoms with Gasteiger partial charge in [-0.05, 0) is 31.0 Å². The lowest BCUT2D eigenvalue weighted by molar-refractivity contribution is 0.00526. The van der Waals surface area contributed by atoms with Crippen LogP contribution in [0.4, 0.5) is 11.5 Å². The van der Waals surface area contributed by atoms with E-state index in [0.29, 0.717) is 35.1 Å². The molecule has 0 saturated heterocycles. The third kappa shape index (κ3) is 4.72. The molecule has 1 heterocycles. The number of carbonyl (C=O) groups excluding carboxylic acids is 1. The van der Waals surface area contributed by atoms with E-state index in [1.807, 2.05) is 18.0 Å². The van der Waals surface area contributed by atoms with Gasteiger partial charge in [-0.2, -0.15) is 0 Å². The van der Waals surface area contributed by atoms with Crippen LogP contribution in [0.3, 0.4) is 0 Å². The number of hydrogen-bond donors (Lipinski definition) is 2. The molecule has 1 saturated carbocycles. The Hall–Kier alpha value is -2.38. The van der Waals surface area contributed by atoms with Crippen LogP contribution in [0.1, 0.15) is 42.5 Å². The molecule has 2 aromatic rings. The molecule has 1 aromatic carbocycles. The van der Waals surface area contributed by atoms with Crippen molar-refractivity contribution in [3.63, 3.8) is 0 Å². The van der Waals surface area contributed by atoms with Crippen molar-refractivity contribution in [2.24, 2.45) is 0 Å². The fourth-order valence-electron chi connectivity index (χ4n) is 3.38. The summed E-state index contributed by atoms with van der Waals surface area (Å²) in [5.74, 6) is 0.765. The Bertz CT molecular complexity index is 840. The molecule has 1 amide bonds. The zero-order valence-electron chi connectivity index (χ0n) is 16.1. The molecule has 150 valence electrons. The maximum atomic E-state index is 12.7. The SMILES string of the molecule is COc1cc(N(C)c2ccc(Cl)c(C(=O)NCC3(O)CCCCC3)c2)ncn1. The van der Waals surface area contributed by atoms with Crippen LogP contribution in [0.25, 0.3) is 0 Å². The monoisotopic (exact) mass is 404 g/mol. The number of hydrogen-bond acceptors (Lipinski definition) is 6. The number of rotatable bonds is 6. The summed E-state index contributed by atoms with van der Waals surface area (Å²) in [4.78, 5) is 22.7. The Kier molecular flexibility index (Phi) is 6.36. The van der Waals surface area contributed by atoms with Crippen molar-refractivity contribution in [1.82, 2.24) is 15.3 Å². The smallest absolute Gasteiger partial charge is 0.252 e. The van der Waals surface area contributed by atoms with E-state index in [2.05, 4.69) is 15.3 Å². The summed E-state index contributed by atoms with van der Waals surface area (Å²) < 4.78 is 5.13. The number of ether oxygens (including phenoxy) is 1. The zero-order valence-corrected chi connectivity index (χ0v) is 16.9. The highest BCUT2D eigenvalue weighted by Gasteiger charge is 2.29. The fourth-order valence-corrected chi connectivity index (χ4v) is 3.58. The number of aromatic nitrogens is 2. The highest BCUT2D eigenvalue weighted by Crippen LogP contribution is 2.29. The van der Waals surface area contributed by atoms with Crippen molar-refractivity contribution in [3.05, 3.63) is 41.2 Å². The molecule has 2 N–H and O–H groups in total. The summed E-state index contributed by atoms with van der Waals surface area (Å²) >= 11 is 6.26. The molecule has 0 atom stereocenters. The van der Waals surface area contributed by atoms with Gasteiger partial charge in [0, 0.05) is 25.3 Å². The fraction of sp³-hybridized carbons (Fsp3) is 0.450. The van der Waals surface area contributed by atoms with Crippen LogP contribution in [0.15, 0.2) is 30.6 Å². The number of carbonyl (C=O) groups is 1. The molecule has 0 radical (unpaired) electrons. The van der Waals surface area contributed by atoms with E-state index >= 15 is 0 Å². The van der Waals surface area contributed by atoms with Gasteiger partial charge in [-0.15, -0.1) is 0 Å². The van der Waals surface area contributed by atoms with Gasteiger partial charge in [0.05, 0.1) is 23.3 Å². The molecule has 7 nitrogen and oxygen atoms in total. The topological polar surface area (TPSA) is 87.6 Å². The van der Waals surface area contributed by atoms with E-state index in [9.17, 15) is 9.90 Å². The highest BCUT2D eigenvalue weighted by molar-refractivity contribution is 6.34. The van der Waals surface area contributed by atoms with Gasteiger partial charge in [0.15, 0.2) is 0 Å². The Morgan fingerprint density at radius 2 is 2.04 bits per heavy atom. The first kappa shape index (κ1) is 20.4. The molecule has 3 rings (SSSR count). The van der Waals surface area contributed by atoms with Gasteiger partial charge < -0.3 is 20.1 Å². The van der Waals surface area contributed by atoms with Crippen LogP contribution in [0, 0.1) is 0 Å². The predicted octanol–water partition coefficient (Wildman–Crippen LogP) is 3.33. The minimum absolute atomic E-state index is 0.228. The van der Waals surface area contributed by atoms with Crippen LogP contribution in [-0.4, -0.2) is 47.3 Å². The molecule has 0 spiro atoms. The van der Waals surface area contributed by atoms with Crippen LogP contribution in [-0.2, 0) is 0 Å². The normalized spacial score (nSPS) is 15.7. The van der Waals surface area contributed by atoms with Crippen molar-refractivity contribution >= 4 is 29.0 Å². The standard InChI is InChI=1S/C20H25ClN4O3/c1-25(17-11-18(28-2)24-13-23-17)14-6-7-16(21)15(10-14)19(26)22-12-20(27)8-4-3-5-9-20/h6-7,10-11,13,27H,3-5,8-9,12H2,1-2H3,(H,22,26). The third-order valence-electron chi connectivity index (χ3n) is 5.12. The second-order valence-electron chi connectivity index (χ2n) is 7.11. The Morgan fingerprint density at radius 3 is 2.75 bits per heavy atom. The van der Waals surface area contributed by atoms with Gasteiger partial charge in [-0.1, -0.05) is 30.9 Å². The second kappa shape index (κ2) is 8.75. The quantitative estimate of drug-likeness (QED) is 0.767. The van der Waals surface area contributed by atoms with Gasteiger partial charge in [0.2, 0.25) is 5.88 Å². The molecule has 28 heavy (non-hydrogen) atoms. The van der Waals surface area contributed by atoms with Crippen LogP contribution >= 0.6 is 11.6 Å². The molecule has 0 aliphatic heterocycles. The van der Waals surface area contributed by atoms with Gasteiger partial charge >= 0.3 is 0 Å². The number of halogens is 1. The van der Waals surface area contributed by atoms with Crippen molar-refractivity contribution < 1.29 is 14.6 Å². The van der Waals surface area contributed by atoms with Gasteiger partial charge in [0.1, 0.15) is 12.1 Å². The zero-order chi connectivity index (χ0) is 20.1. The molecule has 1 fully saturated rings. The largest absolute Gasteiger partial charge is 0.481 e. The average molecular weight is 405 g/mol. The number of methoxy groups -OCH3 is 1. The summed E-state index contributed by atoms with van der Waals surface area (Å²) in [6.45, 7) is 0.228. The molecule has 0 unspecified atom stereocenters. The molecule has 1 aromatic heterocycles. The Morgan fingerprint density at radius 1 is 1.29 bits per heavy atom. The molecule has 0 bridgehead atoms. The van der Waals surface area contributed by atoms with E-state index in [1.165, 1.54) is 13.4 Å². The molecule has 1 aliphatic carbocycles. The van der Waals surface area contributed by atoms with E-state index in [1.54, 1.807) is 18.2 Å². The Balaban J connectivity index is 1.75. The summed E-state index contributed by atoms with van der Waals surface area (Å²) in [6.07, 6.45) is 5.92. The summed E-state index contributed by atoms with van der Waals surface area (Å²) in [5.41, 5.74) is 0.268. The Labute approximate surface area is 169 Å². The number of aliphatic hydroxyl groups is 1.